The van der Waals surface area contributed by atoms with E-state index in [0.29, 0.717) is 6.42 Å². The molecule has 92 valence electrons. The molecule has 0 unspecified atom stereocenters. The van der Waals surface area contributed by atoms with Crippen LogP contribution in [0.2, 0.25) is 0 Å². The third kappa shape index (κ3) is 2.71. The second-order valence-electron chi connectivity index (χ2n) is 4.77. The first-order valence-corrected chi connectivity index (χ1v) is 6.96. The molecule has 1 fully saturated rings. The number of aryl methyl sites for hydroxylation is 2. The standard InChI is InChI=1S/C14H18BrNO/c1-10-8-11(2)14(12(15)9-10)16-7-5-3-4-6-13(16)17/h8-9H,3-7H2,1-2H3. The number of anilines is 1. The third-order valence-electron chi connectivity index (χ3n) is 3.24. The van der Waals surface area contributed by atoms with E-state index in [9.17, 15) is 4.79 Å². The summed E-state index contributed by atoms with van der Waals surface area (Å²) in [5.41, 5.74) is 3.45. The summed E-state index contributed by atoms with van der Waals surface area (Å²) >= 11 is 3.59. The molecule has 3 heteroatoms. The predicted molar refractivity (Wildman–Crippen MR) is 74.4 cm³/mol. The van der Waals surface area contributed by atoms with Gasteiger partial charge in [0, 0.05) is 17.4 Å². The fraction of sp³-hybridized carbons (Fsp3) is 0.500. The third-order valence-corrected chi connectivity index (χ3v) is 3.85. The number of hydrogen-bond donors (Lipinski definition) is 0. The van der Waals surface area contributed by atoms with E-state index in [-0.39, 0.29) is 5.91 Å². The van der Waals surface area contributed by atoms with Gasteiger partial charge in [-0.1, -0.05) is 12.5 Å². The van der Waals surface area contributed by atoms with Gasteiger partial charge >= 0.3 is 0 Å². The summed E-state index contributed by atoms with van der Waals surface area (Å²) in [6.45, 7) is 5.00. The summed E-state index contributed by atoms with van der Waals surface area (Å²) in [6, 6.07) is 4.22. The number of carbonyl (C=O) groups is 1. The summed E-state index contributed by atoms with van der Waals surface area (Å²) in [6.07, 6.45) is 3.97. The van der Waals surface area contributed by atoms with Crippen LogP contribution >= 0.6 is 15.9 Å². The zero-order chi connectivity index (χ0) is 12.4. The molecular weight excluding hydrogens is 278 g/mol. The van der Waals surface area contributed by atoms with Gasteiger partial charge in [0.2, 0.25) is 5.91 Å². The molecule has 1 aliphatic rings. The van der Waals surface area contributed by atoms with Gasteiger partial charge in [-0.2, -0.15) is 0 Å². The first-order valence-electron chi connectivity index (χ1n) is 6.16. The van der Waals surface area contributed by atoms with Crippen molar-refractivity contribution in [1.82, 2.24) is 0 Å². The lowest BCUT2D eigenvalue weighted by molar-refractivity contribution is -0.118. The van der Waals surface area contributed by atoms with Gasteiger partial charge in [0.05, 0.1) is 5.69 Å². The lowest BCUT2D eigenvalue weighted by Gasteiger charge is -2.24. The van der Waals surface area contributed by atoms with Crippen LogP contribution in [0.15, 0.2) is 16.6 Å². The first kappa shape index (κ1) is 12.6. The molecule has 1 aromatic carbocycles. The maximum Gasteiger partial charge on any atom is 0.227 e. The minimum atomic E-state index is 0.259. The number of hydrogen-bond acceptors (Lipinski definition) is 1. The van der Waals surface area contributed by atoms with Gasteiger partial charge in [-0.25, -0.2) is 0 Å². The highest BCUT2D eigenvalue weighted by molar-refractivity contribution is 9.10. The zero-order valence-electron chi connectivity index (χ0n) is 10.4. The van der Waals surface area contributed by atoms with Gasteiger partial charge in [0.15, 0.2) is 0 Å². The lowest BCUT2D eigenvalue weighted by atomic mass is 10.1. The Labute approximate surface area is 111 Å². The molecule has 0 aromatic heterocycles. The Hall–Kier alpha value is -0.830. The van der Waals surface area contributed by atoms with Crippen LogP contribution in [0.1, 0.15) is 36.8 Å². The monoisotopic (exact) mass is 295 g/mol. The Morgan fingerprint density at radius 1 is 1.18 bits per heavy atom. The molecule has 17 heavy (non-hydrogen) atoms. The van der Waals surface area contributed by atoms with Crippen LogP contribution in [0.5, 0.6) is 0 Å². The minimum absolute atomic E-state index is 0.259. The van der Waals surface area contributed by atoms with E-state index in [1.54, 1.807) is 0 Å². The van der Waals surface area contributed by atoms with Crippen LogP contribution in [0, 0.1) is 13.8 Å². The van der Waals surface area contributed by atoms with Gasteiger partial charge in [0.1, 0.15) is 0 Å². The molecule has 0 saturated carbocycles. The second-order valence-corrected chi connectivity index (χ2v) is 5.62. The summed E-state index contributed by atoms with van der Waals surface area (Å²) in [4.78, 5) is 14.1. The molecule has 1 amide bonds. The summed E-state index contributed by atoms with van der Waals surface area (Å²) in [5.74, 6) is 0.259. The van der Waals surface area contributed by atoms with Gasteiger partial charge in [0.25, 0.3) is 0 Å². The highest BCUT2D eigenvalue weighted by Gasteiger charge is 2.21. The second kappa shape index (κ2) is 5.21. The molecule has 0 aliphatic carbocycles. The number of benzene rings is 1. The van der Waals surface area contributed by atoms with E-state index in [2.05, 4.69) is 41.9 Å². The molecule has 2 rings (SSSR count). The Bertz CT molecular complexity index is 419. The van der Waals surface area contributed by atoms with Gasteiger partial charge in [-0.3, -0.25) is 4.79 Å². The van der Waals surface area contributed by atoms with E-state index in [1.807, 2.05) is 4.90 Å². The Morgan fingerprint density at radius 3 is 2.65 bits per heavy atom. The van der Waals surface area contributed by atoms with Crippen molar-refractivity contribution in [3.05, 3.63) is 27.7 Å². The number of carbonyl (C=O) groups excluding carboxylic acids is 1. The van der Waals surface area contributed by atoms with E-state index in [4.69, 9.17) is 0 Å². The van der Waals surface area contributed by atoms with Crippen molar-refractivity contribution < 1.29 is 4.79 Å². The Morgan fingerprint density at radius 2 is 1.94 bits per heavy atom. The summed E-state index contributed by atoms with van der Waals surface area (Å²) < 4.78 is 1.03. The first-order chi connectivity index (χ1) is 8.09. The largest absolute Gasteiger partial charge is 0.311 e. The van der Waals surface area contributed by atoms with Crippen molar-refractivity contribution in [1.29, 1.82) is 0 Å². The van der Waals surface area contributed by atoms with Crippen LogP contribution in [0.25, 0.3) is 0 Å². The number of amides is 1. The quantitative estimate of drug-likeness (QED) is 0.768. The van der Waals surface area contributed by atoms with Crippen molar-refractivity contribution >= 4 is 27.5 Å². The van der Waals surface area contributed by atoms with E-state index < -0.39 is 0 Å². The molecular formula is C14H18BrNO. The van der Waals surface area contributed by atoms with E-state index in [0.717, 1.165) is 36.0 Å². The fourth-order valence-electron chi connectivity index (χ4n) is 2.47. The molecule has 1 aliphatic heterocycles. The summed E-state index contributed by atoms with van der Waals surface area (Å²) in [7, 11) is 0. The summed E-state index contributed by atoms with van der Waals surface area (Å²) in [5, 5.41) is 0. The van der Waals surface area contributed by atoms with Gasteiger partial charge in [-0.15, -0.1) is 0 Å². The molecule has 0 bridgehead atoms. The highest BCUT2D eigenvalue weighted by atomic mass is 79.9. The average molecular weight is 296 g/mol. The highest BCUT2D eigenvalue weighted by Crippen LogP contribution is 2.33. The zero-order valence-corrected chi connectivity index (χ0v) is 12.0. The molecule has 0 radical (unpaired) electrons. The van der Waals surface area contributed by atoms with Gasteiger partial charge in [-0.05, 0) is 59.8 Å². The molecule has 0 N–H and O–H groups in total. The molecule has 1 saturated heterocycles. The average Bonchev–Trinajstić information content (AvgIpc) is 2.43. The van der Waals surface area contributed by atoms with E-state index >= 15 is 0 Å². The maximum atomic E-state index is 12.1. The maximum absolute atomic E-state index is 12.1. The van der Waals surface area contributed by atoms with Crippen molar-refractivity contribution in [3.8, 4) is 0 Å². The smallest absolute Gasteiger partial charge is 0.227 e. The molecule has 2 nitrogen and oxygen atoms in total. The topological polar surface area (TPSA) is 20.3 Å². The molecule has 0 atom stereocenters. The van der Waals surface area contributed by atoms with Crippen molar-refractivity contribution in [2.24, 2.45) is 0 Å². The normalized spacial score (nSPS) is 17.1. The molecule has 0 spiro atoms. The lowest BCUT2D eigenvalue weighted by Crippen LogP contribution is -2.31. The van der Waals surface area contributed by atoms with E-state index in [1.165, 1.54) is 11.1 Å². The molecule has 1 aromatic rings. The van der Waals surface area contributed by atoms with Crippen molar-refractivity contribution in [2.45, 2.75) is 39.5 Å². The Balaban J connectivity index is 2.41. The number of nitrogens with zero attached hydrogens (tertiary/aromatic N) is 1. The van der Waals surface area contributed by atoms with Crippen LogP contribution < -0.4 is 4.90 Å². The van der Waals surface area contributed by atoms with Gasteiger partial charge < -0.3 is 4.90 Å². The fourth-order valence-corrected chi connectivity index (χ4v) is 3.36. The minimum Gasteiger partial charge on any atom is -0.311 e. The predicted octanol–water partition coefficient (Wildman–Crippen LogP) is 3.97. The van der Waals surface area contributed by atoms with Crippen LogP contribution in [0.4, 0.5) is 5.69 Å². The van der Waals surface area contributed by atoms with Crippen LogP contribution in [0.3, 0.4) is 0 Å². The number of halogens is 1. The SMILES string of the molecule is Cc1cc(C)c(N2CCCCCC2=O)c(Br)c1. The van der Waals surface area contributed by atoms with Crippen LogP contribution in [-0.2, 0) is 4.79 Å². The van der Waals surface area contributed by atoms with Crippen molar-refractivity contribution in [2.75, 3.05) is 11.4 Å². The Kier molecular flexibility index (Phi) is 3.87. The van der Waals surface area contributed by atoms with Crippen molar-refractivity contribution in [3.63, 3.8) is 0 Å². The van der Waals surface area contributed by atoms with Crippen LogP contribution in [-0.4, -0.2) is 12.5 Å². The molecule has 1 heterocycles. The number of rotatable bonds is 1.